The molecule has 1 aromatic heterocycles. The number of hydrogen-bond acceptors (Lipinski definition) is 4. The molecular weight excluding hydrogens is 249 g/mol. The summed E-state index contributed by atoms with van der Waals surface area (Å²) in [4.78, 5) is 4.22. The van der Waals surface area contributed by atoms with Gasteiger partial charge in [-0.2, -0.15) is 0 Å². The number of halogens is 3. The highest BCUT2D eigenvalue weighted by molar-refractivity contribution is 5.29. The first-order chi connectivity index (χ1) is 8.42. The van der Waals surface area contributed by atoms with Crippen molar-refractivity contribution < 1.29 is 22.6 Å². The van der Waals surface area contributed by atoms with E-state index >= 15 is 0 Å². The summed E-state index contributed by atoms with van der Waals surface area (Å²) in [6, 6.07) is 3.39. The van der Waals surface area contributed by atoms with Gasteiger partial charge in [0.2, 0.25) is 0 Å². The molecule has 7 heteroatoms. The highest BCUT2D eigenvalue weighted by Crippen LogP contribution is 2.18. The van der Waals surface area contributed by atoms with Crippen molar-refractivity contribution >= 4 is 0 Å². The molecule has 102 valence electrons. The fourth-order valence-corrected chi connectivity index (χ4v) is 1.35. The first-order valence-electron chi connectivity index (χ1n) is 5.42. The van der Waals surface area contributed by atoms with Gasteiger partial charge >= 0.3 is 6.36 Å². The summed E-state index contributed by atoms with van der Waals surface area (Å²) in [5, 5.41) is 0. The van der Waals surface area contributed by atoms with Gasteiger partial charge in [0.25, 0.3) is 0 Å². The lowest BCUT2D eigenvalue weighted by atomic mass is 10.2. The number of rotatable bonds is 6. The van der Waals surface area contributed by atoms with Crippen LogP contribution in [-0.2, 0) is 11.2 Å². The number of nitrogens with two attached hydrogens (primary N) is 1. The lowest BCUT2D eigenvalue weighted by Crippen LogP contribution is -2.18. The van der Waals surface area contributed by atoms with Crippen LogP contribution in [0, 0.1) is 6.92 Å². The molecule has 0 aliphatic rings. The van der Waals surface area contributed by atoms with Crippen LogP contribution in [0.2, 0.25) is 0 Å². The topological polar surface area (TPSA) is 57.4 Å². The molecular formula is C11H15F3N2O2. The van der Waals surface area contributed by atoms with E-state index in [-0.39, 0.29) is 6.61 Å². The number of alkyl halides is 3. The Hall–Kier alpha value is -1.34. The van der Waals surface area contributed by atoms with Crippen molar-refractivity contribution in [3.8, 4) is 5.75 Å². The van der Waals surface area contributed by atoms with Gasteiger partial charge < -0.3 is 10.5 Å². The number of hydrogen-bond donors (Lipinski definition) is 1. The molecule has 0 aromatic carbocycles. The Morgan fingerprint density at radius 1 is 1.28 bits per heavy atom. The molecule has 2 N–H and O–H groups in total. The van der Waals surface area contributed by atoms with Crippen molar-refractivity contribution in [1.29, 1.82) is 0 Å². The number of pyridine rings is 1. The smallest absolute Gasteiger partial charge is 0.489 e. The van der Waals surface area contributed by atoms with E-state index in [1.165, 1.54) is 0 Å². The summed E-state index contributed by atoms with van der Waals surface area (Å²) in [6.45, 7) is 1.46. The van der Waals surface area contributed by atoms with Crippen LogP contribution in [0.15, 0.2) is 12.1 Å². The molecule has 1 rings (SSSR count). The molecule has 4 nitrogen and oxygen atoms in total. The average Bonchev–Trinajstić information content (AvgIpc) is 2.26. The average molecular weight is 264 g/mol. The zero-order valence-corrected chi connectivity index (χ0v) is 9.96. The summed E-state index contributed by atoms with van der Waals surface area (Å²) >= 11 is 0. The molecule has 0 aliphatic carbocycles. The van der Waals surface area contributed by atoms with Gasteiger partial charge in [-0.1, -0.05) is 0 Å². The van der Waals surface area contributed by atoms with Crippen LogP contribution >= 0.6 is 0 Å². The number of ether oxygens (including phenoxy) is 2. The van der Waals surface area contributed by atoms with Gasteiger partial charge in [-0.15, -0.1) is 13.2 Å². The van der Waals surface area contributed by atoms with Crippen molar-refractivity contribution in [1.82, 2.24) is 4.98 Å². The molecule has 0 aliphatic heterocycles. The minimum atomic E-state index is -4.63. The molecule has 0 amide bonds. The number of aryl methyl sites for hydroxylation is 1. The molecule has 1 aromatic rings. The summed E-state index contributed by atoms with van der Waals surface area (Å²) < 4.78 is 44.0. The van der Waals surface area contributed by atoms with E-state index in [2.05, 4.69) is 9.72 Å². The Labute approximate surface area is 103 Å². The highest BCUT2D eigenvalue weighted by Gasteiger charge is 2.28. The Morgan fingerprint density at radius 3 is 2.61 bits per heavy atom. The monoisotopic (exact) mass is 264 g/mol. The molecule has 0 bridgehead atoms. The molecule has 0 spiro atoms. The Morgan fingerprint density at radius 2 is 2.00 bits per heavy atom. The maximum atomic E-state index is 11.7. The molecule has 1 heterocycles. The molecule has 0 fully saturated rings. The van der Waals surface area contributed by atoms with E-state index in [0.717, 1.165) is 5.69 Å². The fourth-order valence-electron chi connectivity index (χ4n) is 1.35. The van der Waals surface area contributed by atoms with E-state index in [4.69, 9.17) is 10.5 Å². The molecule has 0 unspecified atom stereocenters. The fraction of sp³-hybridized carbons (Fsp3) is 0.545. The Kier molecular flexibility index (Phi) is 5.36. The van der Waals surface area contributed by atoms with Crippen LogP contribution in [0.5, 0.6) is 5.75 Å². The minimum absolute atomic E-state index is 0.193. The highest BCUT2D eigenvalue weighted by atomic mass is 19.4. The zero-order chi connectivity index (χ0) is 13.6. The van der Waals surface area contributed by atoms with Crippen molar-refractivity contribution in [3.63, 3.8) is 0 Å². The lowest BCUT2D eigenvalue weighted by molar-refractivity contribution is -0.325. The standard InChI is InChI=1S/C11H15F3N2O2/c1-8-2-3-10(9(16-8)4-5-15)17-6-7-18-11(12,13)14/h2-3H,4-7,15H2,1H3. The third-order valence-corrected chi connectivity index (χ3v) is 2.06. The first kappa shape index (κ1) is 14.7. The molecule has 0 saturated carbocycles. The van der Waals surface area contributed by atoms with E-state index in [0.29, 0.717) is 24.4 Å². The van der Waals surface area contributed by atoms with Gasteiger partial charge in [-0.3, -0.25) is 9.72 Å². The predicted molar refractivity (Wildman–Crippen MR) is 59.2 cm³/mol. The third kappa shape index (κ3) is 5.33. The van der Waals surface area contributed by atoms with Gasteiger partial charge in [0.1, 0.15) is 12.4 Å². The summed E-state index contributed by atoms with van der Waals surface area (Å²) in [6.07, 6.45) is -4.12. The maximum Gasteiger partial charge on any atom is 0.522 e. The van der Waals surface area contributed by atoms with Crippen LogP contribution in [0.1, 0.15) is 11.4 Å². The van der Waals surface area contributed by atoms with Crippen LogP contribution in [0.25, 0.3) is 0 Å². The quantitative estimate of drug-likeness (QED) is 0.796. The maximum absolute atomic E-state index is 11.7. The van der Waals surface area contributed by atoms with Crippen LogP contribution < -0.4 is 10.5 Å². The van der Waals surface area contributed by atoms with Crippen molar-refractivity contribution in [3.05, 3.63) is 23.5 Å². The second kappa shape index (κ2) is 6.55. The van der Waals surface area contributed by atoms with Crippen LogP contribution in [0.4, 0.5) is 13.2 Å². The van der Waals surface area contributed by atoms with Crippen molar-refractivity contribution in [2.75, 3.05) is 19.8 Å². The van der Waals surface area contributed by atoms with E-state index in [9.17, 15) is 13.2 Å². The molecule has 0 radical (unpaired) electrons. The number of aromatic nitrogens is 1. The first-order valence-corrected chi connectivity index (χ1v) is 5.42. The van der Waals surface area contributed by atoms with Gasteiger partial charge in [0.15, 0.2) is 0 Å². The normalized spacial score (nSPS) is 11.6. The van der Waals surface area contributed by atoms with Crippen molar-refractivity contribution in [2.24, 2.45) is 5.73 Å². The van der Waals surface area contributed by atoms with Crippen LogP contribution in [-0.4, -0.2) is 31.1 Å². The summed E-state index contributed by atoms with van der Waals surface area (Å²) in [5.74, 6) is 0.442. The van der Waals surface area contributed by atoms with Gasteiger partial charge in [0, 0.05) is 12.1 Å². The second-order valence-corrected chi connectivity index (χ2v) is 3.58. The SMILES string of the molecule is Cc1ccc(OCCOC(F)(F)F)c(CCN)n1. The number of nitrogens with zero attached hydrogens (tertiary/aromatic N) is 1. The van der Waals surface area contributed by atoms with Crippen molar-refractivity contribution in [2.45, 2.75) is 19.7 Å². The lowest BCUT2D eigenvalue weighted by Gasteiger charge is -2.12. The Bertz CT molecular complexity index is 383. The zero-order valence-electron chi connectivity index (χ0n) is 9.96. The van der Waals surface area contributed by atoms with Crippen LogP contribution in [0.3, 0.4) is 0 Å². The molecule has 18 heavy (non-hydrogen) atoms. The summed E-state index contributed by atoms with van der Waals surface area (Å²) in [5.41, 5.74) is 6.87. The summed E-state index contributed by atoms with van der Waals surface area (Å²) in [7, 11) is 0. The molecule has 0 atom stereocenters. The van der Waals surface area contributed by atoms with E-state index in [1.807, 2.05) is 6.92 Å². The van der Waals surface area contributed by atoms with Gasteiger partial charge in [0.05, 0.1) is 12.3 Å². The van der Waals surface area contributed by atoms with Gasteiger partial charge in [-0.05, 0) is 25.6 Å². The van der Waals surface area contributed by atoms with E-state index < -0.39 is 13.0 Å². The molecule has 0 saturated heterocycles. The Balaban J connectivity index is 2.51. The predicted octanol–water partition coefficient (Wildman–Crippen LogP) is 1.81. The largest absolute Gasteiger partial charge is 0.522 e. The third-order valence-electron chi connectivity index (χ3n) is 2.06. The van der Waals surface area contributed by atoms with E-state index in [1.54, 1.807) is 12.1 Å². The van der Waals surface area contributed by atoms with Gasteiger partial charge in [-0.25, -0.2) is 0 Å². The second-order valence-electron chi connectivity index (χ2n) is 3.58. The minimum Gasteiger partial charge on any atom is -0.489 e.